The van der Waals surface area contributed by atoms with E-state index < -0.39 is 0 Å². The first kappa shape index (κ1) is 11.2. The summed E-state index contributed by atoms with van der Waals surface area (Å²) in [7, 11) is 0. The largest absolute Gasteiger partial charge is 0.304 e. The monoisotopic (exact) mass is 234 g/mol. The number of hydrogen-bond donors (Lipinski definition) is 1. The molecule has 4 heteroatoms. The van der Waals surface area contributed by atoms with Crippen molar-refractivity contribution in [3.8, 4) is 0 Å². The van der Waals surface area contributed by atoms with Crippen LogP contribution in [0.25, 0.3) is 0 Å². The van der Waals surface area contributed by atoms with E-state index in [-0.39, 0.29) is 11.2 Å². The lowest BCUT2D eigenvalue weighted by Crippen LogP contribution is -2.24. The molecule has 2 rings (SSSR count). The van der Waals surface area contributed by atoms with Crippen molar-refractivity contribution in [1.29, 1.82) is 0 Å². The number of aryl methyl sites for hydroxylation is 1. The molecule has 0 aromatic heterocycles. The molecule has 1 fully saturated rings. The first-order valence-corrected chi connectivity index (χ1v) is 6.20. The highest BCUT2D eigenvalue weighted by Gasteiger charge is 2.28. The van der Waals surface area contributed by atoms with Gasteiger partial charge in [-0.15, -0.1) is 0 Å². The first-order chi connectivity index (χ1) is 7.69. The molecule has 1 amide bonds. The molecule has 1 saturated heterocycles. The fourth-order valence-corrected chi connectivity index (χ4v) is 2.46. The number of aliphatic imine (C=N–C) groups is 1. The maximum absolute atomic E-state index is 11.5. The number of rotatable bonds is 2. The van der Waals surface area contributed by atoms with Crippen LogP contribution in [-0.4, -0.2) is 16.3 Å². The second-order valence-corrected chi connectivity index (χ2v) is 4.95. The summed E-state index contributed by atoms with van der Waals surface area (Å²) in [6.45, 7) is 4.03. The standard InChI is InChI=1S/C12H14N2OS/c1-3-10-11(15)14-12(16-10)13-9-6-4-5-8(2)7-9/h4-7,10H,3H2,1-2H3,(H,13,14,15)/t10-/m0/s1. The molecular weight excluding hydrogens is 220 g/mol. The Hall–Kier alpha value is -1.29. The number of nitrogens with one attached hydrogen (secondary N) is 1. The zero-order valence-corrected chi connectivity index (χ0v) is 10.2. The van der Waals surface area contributed by atoms with Gasteiger partial charge in [0.05, 0.1) is 10.9 Å². The van der Waals surface area contributed by atoms with Crippen molar-refractivity contribution >= 4 is 28.5 Å². The Balaban J connectivity index is 2.17. The zero-order chi connectivity index (χ0) is 11.5. The molecule has 1 aliphatic rings. The van der Waals surface area contributed by atoms with Gasteiger partial charge in [0, 0.05) is 0 Å². The van der Waals surface area contributed by atoms with E-state index in [0.29, 0.717) is 5.17 Å². The summed E-state index contributed by atoms with van der Waals surface area (Å²) in [5, 5.41) is 3.52. The number of carbonyl (C=O) groups is 1. The summed E-state index contributed by atoms with van der Waals surface area (Å²) in [5.41, 5.74) is 2.06. The van der Waals surface area contributed by atoms with Crippen LogP contribution in [-0.2, 0) is 4.79 Å². The van der Waals surface area contributed by atoms with Gasteiger partial charge >= 0.3 is 0 Å². The lowest BCUT2D eigenvalue weighted by atomic mass is 10.2. The van der Waals surface area contributed by atoms with Gasteiger partial charge in [-0.1, -0.05) is 30.8 Å². The molecule has 1 heterocycles. The van der Waals surface area contributed by atoms with Crippen LogP contribution in [0.5, 0.6) is 0 Å². The van der Waals surface area contributed by atoms with Crippen LogP contribution in [0.3, 0.4) is 0 Å². The summed E-state index contributed by atoms with van der Waals surface area (Å²) in [4.78, 5) is 15.9. The number of benzene rings is 1. The number of thioether (sulfide) groups is 1. The van der Waals surface area contributed by atoms with Crippen LogP contribution in [0.4, 0.5) is 5.69 Å². The summed E-state index contributed by atoms with van der Waals surface area (Å²) < 4.78 is 0. The topological polar surface area (TPSA) is 41.5 Å². The van der Waals surface area contributed by atoms with E-state index in [9.17, 15) is 4.79 Å². The third-order valence-corrected chi connectivity index (χ3v) is 3.63. The van der Waals surface area contributed by atoms with Crippen LogP contribution in [0, 0.1) is 6.92 Å². The minimum Gasteiger partial charge on any atom is -0.304 e. The average molecular weight is 234 g/mol. The lowest BCUT2D eigenvalue weighted by Gasteiger charge is -1.98. The highest BCUT2D eigenvalue weighted by molar-refractivity contribution is 8.15. The van der Waals surface area contributed by atoms with Crippen LogP contribution < -0.4 is 5.32 Å². The Morgan fingerprint density at radius 2 is 2.31 bits per heavy atom. The molecule has 1 aromatic rings. The van der Waals surface area contributed by atoms with Crippen LogP contribution >= 0.6 is 11.8 Å². The number of nitrogens with zero attached hydrogens (tertiary/aromatic N) is 1. The van der Waals surface area contributed by atoms with Gasteiger partial charge in [0.15, 0.2) is 5.17 Å². The fourth-order valence-electron chi connectivity index (χ4n) is 1.54. The molecule has 0 saturated carbocycles. The van der Waals surface area contributed by atoms with Crippen molar-refractivity contribution in [3.63, 3.8) is 0 Å². The van der Waals surface area contributed by atoms with Crippen LogP contribution in [0.1, 0.15) is 18.9 Å². The second-order valence-electron chi connectivity index (χ2n) is 3.76. The molecule has 16 heavy (non-hydrogen) atoms. The normalized spacial score (nSPS) is 22.5. The van der Waals surface area contributed by atoms with Gasteiger partial charge in [-0.25, -0.2) is 4.99 Å². The molecule has 1 N–H and O–H groups in total. The van der Waals surface area contributed by atoms with Crippen molar-refractivity contribution in [2.24, 2.45) is 4.99 Å². The maximum Gasteiger partial charge on any atom is 0.239 e. The predicted octanol–water partition coefficient (Wildman–Crippen LogP) is 2.62. The zero-order valence-electron chi connectivity index (χ0n) is 9.36. The number of amidine groups is 1. The Labute approximate surface area is 99.3 Å². The number of amides is 1. The van der Waals surface area contributed by atoms with Gasteiger partial charge in [-0.05, 0) is 31.0 Å². The molecule has 0 aliphatic carbocycles. The third kappa shape index (κ3) is 2.44. The predicted molar refractivity (Wildman–Crippen MR) is 68.1 cm³/mol. The maximum atomic E-state index is 11.5. The summed E-state index contributed by atoms with van der Waals surface area (Å²) in [5.74, 6) is 0.0684. The van der Waals surface area contributed by atoms with E-state index >= 15 is 0 Å². The smallest absolute Gasteiger partial charge is 0.239 e. The van der Waals surface area contributed by atoms with Gasteiger partial charge in [0.1, 0.15) is 0 Å². The van der Waals surface area contributed by atoms with E-state index in [1.165, 1.54) is 17.3 Å². The molecular formula is C12H14N2OS. The molecule has 1 aliphatic heterocycles. The highest BCUT2D eigenvalue weighted by Crippen LogP contribution is 2.24. The molecule has 0 spiro atoms. The molecule has 1 atom stereocenters. The first-order valence-electron chi connectivity index (χ1n) is 5.32. The van der Waals surface area contributed by atoms with Crippen molar-refractivity contribution in [2.75, 3.05) is 0 Å². The average Bonchev–Trinajstić information content (AvgIpc) is 2.58. The Morgan fingerprint density at radius 1 is 1.50 bits per heavy atom. The molecule has 1 aromatic carbocycles. The Kier molecular flexibility index (Phi) is 3.29. The SMILES string of the molecule is CC[C@@H]1SC(=Nc2cccc(C)c2)NC1=O. The van der Waals surface area contributed by atoms with Gasteiger partial charge in [0.2, 0.25) is 5.91 Å². The van der Waals surface area contributed by atoms with Gasteiger partial charge in [-0.3, -0.25) is 4.79 Å². The van der Waals surface area contributed by atoms with Crippen LogP contribution in [0.15, 0.2) is 29.3 Å². The number of carbonyl (C=O) groups excluding carboxylic acids is 1. The van der Waals surface area contributed by atoms with Crippen molar-refractivity contribution in [2.45, 2.75) is 25.5 Å². The lowest BCUT2D eigenvalue weighted by molar-refractivity contribution is -0.118. The molecule has 0 unspecified atom stereocenters. The van der Waals surface area contributed by atoms with Crippen molar-refractivity contribution in [1.82, 2.24) is 5.32 Å². The van der Waals surface area contributed by atoms with E-state index in [1.807, 2.05) is 38.1 Å². The minimum absolute atomic E-state index is 0.0172. The Morgan fingerprint density at radius 3 is 2.94 bits per heavy atom. The van der Waals surface area contributed by atoms with E-state index in [4.69, 9.17) is 0 Å². The summed E-state index contributed by atoms with van der Waals surface area (Å²) in [6.07, 6.45) is 0.837. The van der Waals surface area contributed by atoms with Gasteiger partial charge < -0.3 is 5.32 Å². The minimum atomic E-state index is 0.0172. The summed E-state index contributed by atoms with van der Waals surface area (Å²) >= 11 is 1.51. The van der Waals surface area contributed by atoms with Crippen molar-refractivity contribution < 1.29 is 4.79 Å². The quantitative estimate of drug-likeness (QED) is 0.854. The number of hydrogen-bond acceptors (Lipinski definition) is 3. The van der Waals surface area contributed by atoms with Gasteiger partial charge in [-0.2, -0.15) is 0 Å². The van der Waals surface area contributed by atoms with Crippen molar-refractivity contribution in [3.05, 3.63) is 29.8 Å². The van der Waals surface area contributed by atoms with Crippen LogP contribution in [0.2, 0.25) is 0 Å². The van der Waals surface area contributed by atoms with Gasteiger partial charge in [0.25, 0.3) is 0 Å². The highest BCUT2D eigenvalue weighted by atomic mass is 32.2. The molecule has 0 bridgehead atoms. The second kappa shape index (κ2) is 4.70. The van der Waals surface area contributed by atoms with E-state index in [0.717, 1.165) is 12.1 Å². The fraction of sp³-hybridized carbons (Fsp3) is 0.333. The summed E-state index contributed by atoms with van der Waals surface area (Å²) in [6, 6.07) is 7.93. The molecule has 0 radical (unpaired) electrons. The third-order valence-electron chi connectivity index (χ3n) is 2.38. The van der Waals surface area contributed by atoms with E-state index in [1.54, 1.807) is 0 Å². The van der Waals surface area contributed by atoms with E-state index in [2.05, 4.69) is 10.3 Å². The molecule has 84 valence electrons. The molecule has 3 nitrogen and oxygen atoms in total. The Bertz CT molecular complexity index is 442.